The molecule has 1 aromatic heterocycles. The van der Waals surface area contributed by atoms with Crippen LogP contribution < -0.4 is 4.72 Å². The number of hydrogen-bond donors (Lipinski definition) is 1. The van der Waals surface area contributed by atoms with Gasteiger partial charge in [-0.05, 0) is 44.7 Å². The van der Waals surface area contributed by atoms with E-state index < -0.39 is 10.0 Å². The van der Waals surface area contributed by atoms with Crippen LogP contribution in [0.3, 0.4) is 0 Å². The molecule has 1 N–H and O–H groups in total. The molecule has 1 fully saturated rings. The van der Waals surface area contributed by atoms with Gasteiger partial charge in [-0.2, -0.15) is 0 Å². The number of aromatic nitrogens is 1. The van der Waals surface area contributed by atoms with Crippen molar-refractivity contribution in [3.63, 3.8) is 0 Å². The van der Waals surface area contributed by atoms with Gasteiger partial charge in [0.05, 0.1) is 5.56 Å². The number of hydrogen-bond acceptors (Lipinski definition) is 3. The average Bonchev–Trinajstić information content (AvgIpc) is 2.87. The molecule has 2 aromatic rings. The first-order chi connectivity index (χ1) is 12.7. The fourth-order valence-corrected chi connectivity index (χ4v) is 5.16. The van der Waals surface area contributed by atoms with Crippen molar-refractivity contribution >= 4 is 21.6 Å². The minimum absolute atomic E-state index is 0.0787. The predicted octanol–water partition coefficient (Wildman–Crippen LogP) is 3.31. The van der Waals surface area contributed by atoms with Crippen LogP contribution >= 0.6 is 0 Å². The summed E-state index contributed by atoms with van der Waals surface area (Å²) in [5, 5.41) is 0. The van der Waals surface area contributed by atoms with Crippen LogP contribution in [0.25, 0.3) is 0 Å². The molecule has 146 valence electrons. The lowest BCUT2D eigenvalue weighted by atomic mass is 9.98. The lowest BCUT2D eigenvalue weighted by Crippen LogP contribution is -2.38. The van der Waals surface area contributed by atoms with Gasteiger partial charge >= 0.3 is 0 Å². The molecule has 2 heterocycles. The zero-order chi connectivity index (χ0) is 19.8. The summed E-state index contributed by atoms with van der Waals surface area (Å²) in [6, 6.07) is 8.73. The van der Waals surface area contributed by atoms with Crippen LogP contribution in [0.1, 0.15) is 41.5 Å². The Morgan fingerprint density at radius 3 is 2.26 bits per heavy atom. The van der Waals surface area contributed by atoms with E-state index >= 15 is 0 Å². The number of carbonyl (C=O) groups is 1. The summed E-state index contributed by atoms with van der Waals surface area (Å²) >= 11 is 0. The van der Waals surface area contributed by atoms with Gasteiger partial charge in [0.25, 0.3) is 15.9 Å². The van der Waals surface area contributed by atoms with Crippen molar-refractivity contribution in [1.82, 2.24) is 9.47 Å². The zero-order valence-corrected chi connectivity index (χ0v) is 17.1. The molecular formula is C20H27N3O3S. The first kappa shape index (κ1) is 19.5. The maximum Gasteiger partial charge on any atom is 0.264 e. The van der Waals surface area contributed by atoms with E-state index in [9.17, 15) is 13.2 Å². The number of sulfonamides is 1. The highest BCUT2D eigenvalue weighted by atomic mass is 32.2. The molecule has 0 bridgehead atoms. The van der Waals surface area contributed by atoms with E-state index in [2.05, 4.69) is 11.6 Å². The van der Waals surface area contributed by atoms with E-state index in [1.807, 2.05) is 6.07 Å². The Kier molecular flexibility index (Phi) is 5.33. The summed E-state index contributed by atoms with van der Waals surface area (Å²) in [5.41, 5.74) is 1.99. The Balaban J connectivity index is 2.03. The summed E-state index contributed by atoms with van der Waals surface area (Å²) in [6.45, 7) is 7.05. The van der Waals surface area contributed by atoms with Gasteiger partial charge in [-0.25, -0.2) is 8.42 Å². The van der Waals surface area contributed by atoms with Crippen LogP contribution in [0.2, 0.25) is 0 Å². The molecule has 0 atom stereocenters. The number of para-hydroxylation sites is 1. The number of likely N-dealkylation sites (tertiary alicyclic amines) is 1. The van der Waals surface area contributed by atoms with E-state index in [-0.39, 0.29) is 16.4 Å². The summed E-state index contributed by atoms with van der Waals surface area (Å²) in [6.07, 6.45) is 1.89. The van der Waals surface area contributed by atoms with Crippen molar-refractivity contribution in [3.05, 3.63) is 47.3 Å². The molecule has 1 aliphatic heterocycles. The third-order valence-electron chi connectivity index (χ3n) is 5.50. The number of benzene rings is 1. The van der Waals surface area contributed by atoms with Crippen LogP contribution in [0.15, 0.2) is 35.2 Å². The number of amides is 1. The van der Waals surface area contributed by atoms with E-state index in [4.69, 9.17) is 0 Å². The maximum atomic E-state index is 13.2. The zero-order valence-electron chi connectivity index (χ0n) is 16.3. The standard InChI is InChI=1S/C20H27N3O3S/c1-14-10-12-23(13-11-14)20(24)18-15(2)22(4)16(3)19(18)27(25,26)21-17-8-6-5-7-9-17/h5-9,14,21H,10-13H2,1-4H3. The van der Waals surface area contributed by atoms with Crippen LogP contribution in [0.4, 0.5) is 5.69 Å². The lowest BCUT2D eigenvalue weighted by molar-refractivity contribution is 0.0692. The van der Waals surface area contributed by atoms with Crippen LogP contribution in [-0.2, 0) is 17.1 Å². The largest absolute Gasteiger partial charge is 0.350 e. The van der Waals surface area contributed by atoms with E-state index in [1.165, 1.54) is 0 Å². The average molecular weight is 390 g/mol. The molecule has 7 heteroatoms. The van der Waals surface area contributed by atoms with Crippen LogP contribution in [-0.4, -0.2) is 36.9 Å². The van der Waals surface area contributed by atoms with Gasteiger partial charge < -0.3 is 9.47 Å². The topological polar surface area (TPSA) is 71.4 Å². The van der Waals surface area contributed by atoms with Gasteiger partial charge in [0.1, 0.15) is 4.90 Å². The highest BCUT2D eigenvalue weighted by molar-refractivity contribution is 7.92. The highest BCUT2D eigenvalue weighted by Crippen LogP contribution is 2.30. The summed E-state index contributed by atoms with van der Waals surface area (Å²) in [4.78, 5) is 15.1. The van der Waals surface area contributed by atoms with Gasteiger partial charge in [0.2, 0.25) is 0 Å². The fraction of sp³-hybridized carbons (Fsp3) is 0.450. The second kappa shape index (κ2) is 7.38. The highest BCUT2D eigenvalue weighted by Gasteiger charge is 2.33. The fourth-order valence-electron chi connectivity index (χ4n) is 3.58. The maximum absolute atomic E-state index is 13.2. The molecule has 0 radical (unpaired) electrons. The molecule has 1 saturated heterocycles. The number of anilines is 1. The summed E-state index contributed by atoms with van der Waals surface area (Å²) < 4.78 is 30.7. The van der Waals surface area contributed by atoms with Crippen molar-refractivity contribution in [2.24, 2.45) is 13.0 Å². The van der Waals surface area contributed by atoms with Crippen molar-refractivity contribution in [3.8, 4) is 0 Å². The van der Waals surface area contributed by atoms with Gasteiger partial charge in [-0.15, -0.1) is 0 Å². The lowest BCUT2D eigenvalue weighted by Gasteiger charge is -2.30. The number of carbonyl (C=O) groups excluding carboxylic acids is 1. The van der Waals surface area contributed by atoms with Gasteiger partial charge in [-0.1, -0.05) is 25.1 Å². The molecule has 27 heavy (non-hydrogen) atoms. The van der Waals surface area contributed by atoms with Gasteiger partial charge in [-0.3, -0.25) is 9.52 Å². The Morgan fingerprint density at radius 2 is 1.67 bits per heavy atom. The first-order valence-corrected chi connectivity index (χ1v) is 10.7. The van der Waals surface area contributed by atoms with Crippen molar-refractivity contribution in [2.75, 3.05) is 17.8 Å². The quantitative estimate of drug-likeness (QED) is 0.872. The summed E-state index contributed by atoms with van der Waals surface area (Å²) in [7, 11) is -2.10. The molecule has 6 nitrogen and oxygen atoms in total. The number of nitrogens with zero attached hydrogens (tertiary/aromatic N) is 2. The van der Waals surface area contributed by atoms with E-state index in [1.54, 1.807) is 54.6 Å². The Morgan fingerprint density at radius 1 is 1.07 bits per heavy atom. The molecule has 3 rings (SSSR count). The van der Waals surface area contributed by atoms with Crippen LogP contribution in [0, 0.1) is 19.8 Å². The molecule has 0 unspecified atom stereocenters. The number of piperidine rings is 1. The van der Waals surface area contributed by atoms with Gasteiger partial charge in [0, 0.05) is 37.2 Å². The Labute approximate surface area is 161 Å². The Hall–Kier alpha value is -2.28. The van der Waals surface area contributed by atoms with Crippen LogP contribution in [0.5, 0.6) is 0 Å². The monoisotopic (exact) mass is 389 g/mol. The molecule has 0 saturated carbocycles. The Bertz CT molecular complexity index is 941. The molecule has 1 aromatic carbocycles. The summed E-state index contributed by atoms with van der Waals surface area (Å²) in [5.74, 6) is 0.396. The predicted molar refractivity (Wildman–Crippen MR) is 106 cm³/mol. The third-order valence-corrected chi connectivity index (χ3v) is 7.04. The number of rotatable bonds is 4. The smallest absolute Gasteiger partial charge is 0.264 e. The normalized spacial score (nSPS) is 15.8. The van der Waals surface area contributed by atoms with Gasteiger partial charge in [0.15, 0.2) is 0 Å². The minimum atomic E-state index is -3.89. The SMILES string of the molecule is Cc1c(C(=O)N2CCC(C)CC2)c(S(=O)(=O)Nc2ccccc2)c(C)n1C. The molecule has 1 amide bonds. The molecule has 0 spiro atoms. The van der Waals surface area contributed by atoms with Crippen molar-refractivity contribution in [1.29, 1.82) is 0 Å². The van der Waals surface area contributed by atoms with E-state index in [0.717, 1.165) is 12.8 Å². The van der Waals surface area contributed by atoms with Crippen molar-refractivity contribution < 1.29 is 13.2 Å². The molecular weight excluding hydrogens is 362 g/mol. The second-order valence-corrected chi connectivity index (χ2v) is 9.00. The number of nitrogens with one attached hydrogen (secondary N) is 1. The first-order valence-electron chi connectivity index (χ1n) is 9.25. The van der Waals surface area contributed by atoms with E-state index in [0.29, 0.717) is 36.1 Å². The van der Waals surface area contributed by atoms with Crippen molar-refractivity contribution in [2.45, 2.75) is 38.5 Å². The second-order valence-electron chi connectivity index (χ2n) is 7.38. The minimum Gasteiger partial charge on any atom is -0.350 e. The molecule has 0 aliphatic carbocycles. The molecule has 1 aliphatic rings. The third kappa shape index (κ3) is 3.74.